The molecule has 0 spiro atoms. The van der Waals surface area contributed by atoms with E-state index in [2.05, 4.69) is 24.9 Å². The van der Waals surface area contributed by atoms with E-state index in [0.29, 0.717) is 0 Å². The Morgan fingerprint density at radius 2 is 2.21 bits per heavy atom. The molecule has 0 bridgehead atoms. The highest BCUT2D eigenvalue weighted by atomic mass is 16.1. The highest BCUT2D eigenvalue weighted by Gasteiger charge is 2.26. The lowest BCUT2D eigenvalue weighted by Gasteiger charge is -2.32. The minimum atomic E-state index is -0.00330. The summed E-state index contributed by atoms with van der Waals surface area (Å²) in [5, 5.41) is 7.34. The standard InChI is InChI=1S/C21H26N6O/c1-16-22-13-20(25(16)2)15-26-10-4-6-17(14-26)21(28)24-18-7-3-8-19(12-18)27-11-5-9-23-27/h3,5,7-9,11-13,17H,4,6,10,14-15H2,1-2H3,(H,24,28)/t17-/m1/s1. The number of aryl methyl sites for hydroxylation is 1. The van der Waals surface area contributed by atoms with Crippen molar-refractivity contribution >= 4 is 11.6 Å². The summed E-state index contributed by atoms with van der Waals surface area (Å²) in [6.45, 7) is 4.63. The summed E-state index contributed by atoms with van der Waals surface area (Å²) >= 11 is 0. The summed E-state index contributed by atoms with van der Waals surface area (Å²) in [5.41, 5.74) is 2.92. The maximum atomic E-state index is 12.9. The van der Waals surface area contributed by atoms with Crippen LogP contribution in [0.2, 0.25) is 0 Å². The van der Waals surface area contributed by atoms with Gasteiger partial charge in [-0.15, -0.1) is 0 Å². The van der Waals surface area contributed by atoms with Crippen molar-refractivity contribution in [1.29, 1.82) is 0 Å². The third kappa shape index (κ3) is 3.99. The van der Waals surface area contributed by atoms with E-state index in [1.807, 2.05) is 56.7 Å². The van der Waals surface area contributed by atoms with Crippen molar-refractivity contribution in [3.05, 3.63) is 60.4 Å². The molecular formula is C21H26N6O. The molecule has 4 rings (SSSR count). The van der Waals surface area contributed by atoms with Gasteiger partial charge in [0.1, 0.15) is 5.82 Å². The predicted molar refractivity (Wildman–Crippen MR) is 108 cm³/mol. The van der Waals surface area contributed by atoms with Gasteiger partial charge >= 0.3 is 0 Å². The molecule has 7 nitrogen and oxygen atoms in total. The van der Waals surface area contributed by atoms with Gasteiger partial charge in [-0.25, -0.2) is 9.67 Å². The molecule has 3 aromatic rings. The van der Waals surface area contributed by atoms with Crippen molar-refractivity contribution in [3.8, 4) is 5.69 Å². The van der Waals surface area contributed by atoms with E-state index >= 15 is 0 Å². The molecule has 1 aliphatic heterocycles. The average Bonchev–Trinajstić information content (AvgIpc) is 3.35. The third-order valence-corrected chi connectivity index (χ3v) is 5.46. The molecule has 146 valence electrons. The molecule has 0 unspecified atom stereocenters. The van der Waals surface area contributed by atoms with Crippen molar-refractivity contribution in [3.63, 3.8) is 0 Å². The van der Waals surface area contributed by atoms with Crippen LogP contribution in [0.4, 0.5) is 5.69 Å². The molecule has 3 heterocycles. The smallest absolute Gasteiger partial charge is 0.228 e. The second-order valence-corrected chi connectivity index (χ2v) is 7.42. The first-order chi connectivity index (χ1) is 13.6. The first kappa shape index (κ1) is 18.4. The molecule has 1 fully saturated rings. The molecule has 0 aliphatic carbocycles. The quantitative estimate of drug-likeness (QED) is 0.741. The fourth-order valence-corrected chi connectivity index (χ4v) is 3.73. The number of aromatic nitrogens is 4. The van der Waals surface area contributed by atoms with Crippen LogP contribution in [0.25, 0.3) is 5.69 Å². The van der Waals surface area contributed by atoms with Gasteiger partial charge in [0, 0.05) is 44.4 Å². The molecule has 28 heavy (non-hydrogen) atoms. The number of piperidine rings is 1. The predicted octanol–water partition coefficient (Wildman–Crippen LogP) is 2.76. The number of benzene rings is 1. The maximum Gasteiger partial charge on any atom is 0.228 e. The van der Waals surface area contributed by atoms with E-state index in [4.69, 9.17) is 0 Å². The van der Waals surface area contributed by atoms with Gasteiger partial charge in [-0.1, -0.05) is 6.07 Å². The summed E-state index contributed by atoms with van der Waals surface area (Å²) in [6.07, 6.45) is 7.51. The lowest BCUT2D eigenvalue weighted by molar-refractivity contribution is -0.121. The van der Waals surface area contributed by atoms with E-state index in [9.17, 15) is 4.79 Å². The summed E-state index contributed by atoms with van der Waals surface area (Å²) in [6, 6.07) is 9.66. The highest BCUT2D eigenvalue weighted by molar-refractivity contribution is 5.93. The van der Waals surface area contributed by atoms with Crippen LogP contribution in [0.3, 0.4) is 0 Å². The number of rotatable bonds is 5. The summed E-state index contributed by atoms with van der Waals surface area (Å²) < 4.78 is 3.90. The van der Waals surface area contributed by atoms with Crippen LogP contribution in [0.15, 0.2) is 48.9 Å². The van der Waals surface area contributed by atoms with Crippen LogP contribution in [-0.4, -0.2) is 43.2 Å². The summed E-state index contributed by atoms with van der Waals surface area (Å²) in [4.78, 5) is 19.6. The summed E-state index contributed by atoms with van der Waals surface area (Å²) in [7, 11) is 2.04. The molecule has 1 N–H and O–H groups in total. The van der Waals surface area contributed by atoms with E-state index in [-0.39, 0.29) is 11.8 Å². The van der Waals surface area contributed by atoms with Gasteiger partial charge in [0.15, 0.2) is 0 Å². The molecule has 1 amide bonds. The summed E-state index contributed by atoms with van der Waals surface area (Å²) in [5.74, 6) is 1.10. The van der Waals surface area contributed by atoms with Crippen LogP contribution in [-0.2, 0) is 18.4 Å². The van der Waals surface area contributed by atoms with Crippen molar-refractivity contribution < 1.29 is 4.79 Å². The number of carbonyl (C=O) groups is 1. The topological polar surface area (TPSA) is 68.0 Å². The highest BCUT2D eigenvalue weighted by Crippen LogP contribution is 2.21. The molecule has 7 heteroatoms. The fraction of sp³-hybridized carbons (Fsp3) is 0.381. The molecule has 0 saturated carbocycles. The number of nitrogens with one attached hydrogen (secondary N) is 1. The Labute approximate surface area is 165 Å². The third-order valence-electron chi connectivity index (χ3n) is 5.46. The zero-order chi connectivity index (χ0) is 19.5. The molecule has 2 aromatic heterocycles. The normalized spacial score (nSPS) is 17.6. The number of likely N-dealkylation sites (tertiary alicyclic amines) is 1. The largest absolute Gasteiger partial charge is 0.334 e. The van der Waals surface area contributed by atoms with E-state index in [1.54, 1.807) is 10.9 Å². The molecule has 0 radical (unpaired) electrons. The zero-order valence-corrected chi connectivity index (χ0v) is 16.4. The minimum Gasteiger partial charge on any atom is -0.334 e. The minimum absolute atomic E-state index is 0.00330. The van der Waals surface area contributed by atoms with E-state index in [1.165, 1.54) is 5.69 Å². The Kier molecular flexibility index (Phi) is 5.25. The van der Waals surface area contributed by atoms with E-state index < -0.39 is 0 Å². The first-order valence-corrected chi connectivity index (χ1v) is 9.70. The maximum absolute atomic E-state index is 12.9. The molecule has 1 aliphatic rings. The number of hydrogen-bond donors (Lipinski definition) is 1. The number of anilines is 1. The van der Waals surface area contributed by atoms with Gasteiger partial charge in [-0.05, 0) is 50.6 Å². The number of amides is 1. The van der Waals surface area contributed by atoms with Crippen molar-refractivity contribution in [1.82, 2.24) is 24.2 Å². The van der Waals surface area contributed by atoms with Gasteiger partial charge in [-0.2, -0.15) is 5.10 Å². The van der Waals surface area contributed by atoms with Crippen LogP contribution >= 0.6 is 0 Å². The van der Waals surface area contributed by atoms with Crippen molar-refractivity contribution in [2.75, 3.05) is 18.4 Å². The molecule has 1 atom stereocenters. The lowest BCUT2D eigenvalue weighted by atomic mass is 9.97. The second-order valence-electron chi connectivity index (χ2n) is 7.42. The van der Waals surface area contributed by atoms with E-state index in [0.717, 1.165) is 49.7 Å². The number of nitrogens with zero attached hydrogens (tertiary/aromatic N) is 5. The van der Waals surface area contributed by atoms with Crippen molar-refractivity contribution in [2.24, 2.45) is 13.0 Å². The lowest BCUT2D eigenvalue weighted by Crippen LogP contribution is -2.40. The Morgan fingerprint density at radius 3 is 2.96 bits per heavy atom. The average molecular weight is 378 g/mol. The Bertz CT molecular complexity index is 946. The fourth-order valence-electron chi connectivity index (χ4n) is 3.73. The van der Waals surface area contributed by atoms with Crippen LogP contribution in [0, 0.1) is 12.8 Å². The van der Waals surface area contributed by atoms with Gasteiger partial charge in [-0.3, -0.25) is 9.69 Å². The number of carbonyl (C=O) groups excluding carboxylic acids is 1. The van der Waals surface area contributed by atoms with Crippen molar-refractivity contribution in [2.45, 2.75) is 26.3 Å². The Morgan fingerprint density at radius 1 is 1.32 bits per heavy atom. The van der Waals surface area contributed by atoms with Gasteiger partial charge in [0.25, 0.3) is 0 Å². The monoisotopic (exact) mass is 378 g/mol. The van der Waals surface area contributed by atoms with Gasteiger partial charge < -0.3 is 9.88 Å². The number of imidazole rings is 1. The van der Waals surface area contributed by atoms with Crippen LogP contribution < -0.4 is 5.32 Å². The molecular weight excluding hydrogens is 352 g/mol. The molecule has 1 aromatic carbocycles. The molecule has 1 saturated heterocycles. The zero-order valence-electron chi connectivity index (χ0n) is 16.4. The first-order valence-electron chi connectivity index (χ1n) is 9.70. The van der Waals surface area contributed by atoms with Gasteiger partial charge in [0.2, 0.25) is 5.91 Å². The second kappa shape index (κ2) is 7.98. The Balaban J connectivity index is 1.39. The van der Waals surface area contributed by atoms with Crippen LogP contribution in [0.1, 0.15) is 24.4 Å². The van der Waals surface area contributed by atoms with Crippen LogP contribution in [0.5, 0.6) is 0 Å². The SMILES string of the molecule is Cc1ncc(CN2CCC[C@@H](C(=O)Nc3cccc(-n4cccn4)c3)C2)n1C. The Hall–Kier alpha value is -2.93. The number of hydrogen-bond acceptors (Lipinski definition) is 4. The van der Waals surface area contributed by atoms with Gasteiger partial charge in [0.05, 0.1) is 17.3 Å².